The second-order valence-corrected chi connectivity index (χ2v) is 26.7. The molecule has 8 aromatic heterocycles. The molecule has 12 aromatic rings. The highest BCUT2D eigenvalue weighted by Gasteiger charge is 2.23. The predicted molar refractivity (Wildman–Crippen MR) is 413 cm³/mol. The van der Waals surface area contributed by atoms with Crippen molar-refractivity contribution in [2.75, 3.05) is 133 Å². The van der Waals surface area contributed by atoms with Crippen LogP contribution in [0.3, 0.4) is 0 Å². The molecule has 0 aliphatic carbocycles. The number of ether oxygens (including phenoxy) is 4. The van der Waals surface area contributed by atoms with Gasteiger partial charge >= 0.3 is 0 Å². The van der Waals surface area contributed by atoms with Crippen molar-refractivity contribution in [1.82, 2.24) is 53.5 Å². The van der Waals surface area contributed by atoms with Gasteiger partial charge in [0.05, 0.1) is 74.0 Å². The Morgan fingerprint density at radius 3 is 1.19 bits per heavy atom. The number of hydrogen-bond acceptors (Lipinski definition) is 20. The summed E-state index contributed by atoms with van der Waals surface area (Å²) in [5.41, 5.74) is 18.9. The molecule has 2 atom stereocenters. The fourth-order valence-electron chi connectivity index (χ4n) is 13.5. The van der Waals surface area contributed by atoms with Crippen LogP contribution in [-0.4, -0.2) is 163 Å². The minimum Gasteiger partial charge on any atom is -0.493 e. The van der Waals surface area contributed by atoms with E-state index in [0.29, 0.717) is 96.7 Å². The summed E-state index contributed by atoms with van der Waals surface area (Å²) >= 11 is 0. The Morgan fingerprint density at radius 2 is 0.774 bits per heavy atom. The molecule has 4 aromatic carbocycles. The van der Waals surface area contributed by atoms with E-state index in [1.807, 2.05) is 98.4 Å². The third-order valence-corrected chi connectivity index (χ3v) is 19.4. The zero-order valence-corrected chi connectivity index (χ0v) is 60.6. The van der Waals surface area contributed by atoms with Crippen molar-refractivity contribution in [2.24, 2.45) is 5.73 Å². The molecule has 0 saturated carbocycles. The number of halogens is 2. The maximum absolute atomic E-state index is 13.8. The lowest BCUT2D eigenvalue weighted by Crippen LogP contribution is -2.49. The zero-order valence-electron chi connectivity index (χ0n) is 60.6. The number of rotatable bonds is 12. The summed E-state index contributed by atoms with van der Waals surface area (Å²) in [6.07, 6.45) is 8.35. The van der Waals surface area contributed by atoms with Crippen molar-refractivity contribution in [3.8, 4) is 68.0 Å². The molecular formula is C80H86F2N16O8. The number of piperazine rings is 3. The summed E-state index contributed by atoms with van der Waals surface area (Å²) in [7, 11) is 6.35. The van der Waals surface area contributed by atoms with Gasteiger partial charge in [-0.25, -0.2) is 28.7 Å². The first-order valence-corrected chi connectivity index (χ1v) is 35.3. The van der Waals surface area contributed by atoms with Crippen molar-refractivity contribution in [3.63, 3.8) is 0 Å². The lowest BCUT2D eigenvalue weighted by Gasteiger charge is -2.33. The van der Waals surface area contributed by atoms with Gasteiger partial charge in [0.25, 0.3) is 22.2 Å². The molecular weight excluding hydrogens is 1350 g/mol. The zero-order chi connectivity index (χ0) is 74.3. The predicted octanol–water partition coefficient (Wildman–Crippen LogP) is 8.84. The summed E-state index contributed by atoms with van der Waals surface area (Å²) in [6, 6.07) is 41.0. The molecule has 4 aliphatic heterocycles. The maximum atomic E-state index is 13.8. The van der Waals surface area contributed by atoms with E-state index in [4.69, 9.17) is 29.7 Å². The fraction of sp³-hybridized carbons (Fsp3) is 0.300. The molecule has 4 aliphatic rings. The summed E-state index contributed by atoms with van der Waals surface area (Å²) in [5, 5.41) is 10.1. The number of nitrogens with two attached hydrogens (primary N) is 1. The molecule has 4 saturated heterocycles. The minimum atomic E-state index is -0.298. The van der Waals surface area contributed by atoms with Crippen LogP contribution in [-0.2, 0) is 0 Å². The van der Waals surface area contributed by atoms with Crippen molar-refractivity contribution in [3.05, 3.63) is 234 Å². The molecule has 4 fully saturated rings. The quantitative estimate of drug-likeness (QED) is 0.0891. The van der Waals surface area contributed by atoms with E-state index in [-0.39, 0.29) is 39.9 Å². The molecule has 106 heavy (non-hydrogen) atoms. The number of nitrogens with zero attached hydrogens (tertiary/aromatic N) is 12. The summed E-state index contributed by atoms with van der Waals surface area (Å²) in [6.45, 7) is 19.4. The highest BCUT2D eigenvalue weighted by Crippen LogP contribution is 2.34. The normalized spacial score (nSPS) is 15.9. The molecule has 0 spiro atoms. The number of benzene rings is 4. The van der Waals surface area contributed by atoms with Gasteiger partial charge in [0.1, 0.15) is 34.2 Å². The summed E-state index contributed by atoms with van der Waals surface area (Å²) < 4.78 is 55.2. The summed E-state index contributed by atoms with van der Waals surface area (Å²) in [4.78, 5) is 78.2. The van der Waals surface area contributed by atoms with Crippen LogP contribution >= 0.6 is 0 Å². The molecule has 16 rings (SSSR count). The molecule has 5 N–H and O–H groups in total. The van der Waals surface area contributed by atoms with Crippen molar-refractivity contribution >= 4 is 45.3 Å². The Hall–Kier alpha value is -11.6. The highest BCUT2D eigenvalue weighted by atomic mass is 19.1. The van der Waals surface area contributed by atoms with Gasteiger partial charge in [-0.2, -0.15) is 0 Å². The average Bonchev–Trinajstić information content (AvgIpc) is 0.953. The van der Waals surface area contributed by atoms with Gasteiger partial charge in [-0.05, 0) is 142 Å². The van der Waals surface area contributed by atoms with Gasteiger partial charge in [-0.1, -0.05) is 24.3 Å². The molecule has 0 bridgehead atoms. The number of anilines is 4. The largest absolute Gasteiger partial charge is 0.493 e. The van der Waals surface area contributed by atoms with Crippen molar-refractivity contribution in [2.45, 2.75) is 46.2 Å². The Labute approximate surface area is 610 Å². The lowest BCUT2D eigenvalue weighted by molar-refractivity contribution is 0.355. The van der Waals surface area contributed by atoms with Gasteiger partial charge < -0.3 is 60.2 Å². The minimum absolute atomic E-state index is 0.102. The van der Waals surface area contributed by atoms with Crippen LogP contribution < -0.4 is 82.5 Å². The number of fused-ring (bicyclic) bond motifs is 4. The third-order valence-electron chi connectivity index (χ3n) is 19.4. The van der Waals surface area contributed by atoms with Crippen molar-refractivity contribution in [1.29, 1.82) is 0 Å². The van der Waals surface area contributed by atoms with Crippen LogP contribution in [0.25, 0.3) is 67.6 Å². The first-order valence-electron chi connectivity index (χ1n) is 35.3. The fourth-order valence-corrected chi connectivity index (χ4v) is 13.5. The van der Waals surface area contributed by atoms with Crippen LogP contribution in [0.1, 0.15) is 30.0 Å². The van der Waals surface area contributed by atoms with Crippen LogP contribution in [0.5, 0.6) is 23.0 Å². The van der Waals surface area contributed by atoms with Crippen LogP contribution in [0.4, 0.5) is 31.5 Å². The third kappa shape index (κ3) is 16.2. The number of aryl methyl sites for hydroxylation is 3. The topological polar surface area (TPSA) is 249 Å². The highest BCUT2D eigenvalue weighted by molar-refractivity contribution is 5.70. The van der Waals surface area contributed by atoms with Gasteiger partial charge in [0, 0.05) is 168 Å². The standard InChI is InChI=1S/C21H24N4O3.C20H21FN4O.C20H22N4O3.C19H19FN4O/c1-14-10-16(24-8-6-22-7-9-24)13-25-20(26)12-17(23-21(14)25)15-4-5-18(27-2)19(11-15)28-3;1-13-3-4-15(9-17(13)21)18-10-20(26)25-12-16(5-6-19(25)23-18)24-8-7-22-14(2)11-24;1-26-17-5-3-13(9-18(17)27-2)16-10-20(25)24-12-15(4-6-19(24)22-16)23-8-7-14(21)11-23;1-13-2-3-14(10-16(13)20)17-11-19(25)24-12-15(4-5-18(24)22-17)23-8-6-21-7-9-23/h4-5,10-13,22H,6-9H2,1-3H3;3-6,9-10,12,14,22H,7-8,11H2,1-2H3;3-6,9-10,12,14H,7-8,11,21H2,1-2H3;2-5,10-12,21H,6-9H2,1H3/t;2*14-;/m.00./s1. The van der Waals surface area contributed by atoms with E-state index in [1.54, 1.807) is 96.3 Å². The van der Waals surface area contributed by atoms with E-state index in [0.717, 1.165) is 131 Å². The maximum Gasteiger partial charge on any atom is 0.258 e. The van der Waals surface area contributed by atoms with E-state index < -0.39 is 0 Å². The van der Waals surface area contributed by atoms with E-state index in [2.05, 4.69) is 63.5 Å². The van der Waals surface area contributed by atoms with E-state index in [1.165, 1.54) is 30.3 Å². The van der Waals surface area contributed by atoms with Crippen LogP contribution in [0.2, 0.25) is 0 Å². The Kier molecular flexibility index (Phi) is 22.1. The van der Waals surface area contributed by atoms with E-state index in [9.17, 15) is 28.0 Å². The molecule has 26 heteroatoms. The summed E-state index contributed by atoms with van der Waals surface area (Å²) in [5.74, 6) is 1.87. The SMILES string of the molecule is COc1ccc(-c2cc(=O)n3cc(N4CCNCC4)cc(C)c3n2)cc1OC.COc1ccc(-c2cc(=O)n3cc(N4CC[C@H](N)C4)ccc3n2)cc1OC.Cc1ccc(-c2cc(=O)n3cc(N4CCNCC4)ccc3n2)cc1F.Cc1ccc(-c2cc(=O)n3cc(N4CCN[C@@H](C)C4)ccc3n2)cc1F. The number of hydrogen-bond donors (Lipinski definition) is 4. The van der Waals surface area contributed by atoms with Gasteiger partial charge in [0.2, 0.25) is 0 Å². The Morgan fingerprint density at radius 1 is 0.396 bits per heavy atom. The van der Waals surface area contributed by atoms with Crippen molar-refractivity contribution < 1.29 is 27.7 Å². The molecule has 12 heterocycles. The number of nitrogens with one attached hydrogen (secondary N) is 3. The number of aromatic nitrogens is 8. The monoisotopic (exact) mass is 1440 g/mol. The molecule has 548 valence electrons. The first kappa shape index (κ1) is 72.8. The van der Waals surface area contributed by atoms with Crippen LogP contribution in [0, 0.1) is 32.4 Å². The van der Waals surface area contributed by atoms with Gasteiger partial charge in [-0.3, -0.25) is 36.8 Å². The number of methoxy groups -OCH3 is 4. The van der Waals surface area contributed by atoms with Crippen LogP contribution in [0.15, 0.2) is 183 Å². The molecule has 0 radical (unpaired) electrons. The average molecular weight is 1440 g/mol. The second-order valence-electron chi connectivity index (χ2n) is 26.7. The Bertz CT molecular complexity index is 5490. The lowest BCUT2D eigenvalue weighted by atomic mass is 10.1. The van der Waals surface area contributed by atoms with Gasteiger partial charge in [-0.15, -0.1) is 0 Å². The smallest absolute Gasteiger partial charge is 0.258 e. The van der Waals surface area contributed by atoms with E-state index >= 15 is 0 Å². The first-order chi connectivity index (χ1) is 51.3. The molecule has 0 unspecified atom stereocenters. The molecule has 0 amide bonds. The van der Waals surface area contributed by atoms with Gasteiger partial charge in [0.15, 0.2) is 23.0 Å². The number of pyridine rings is 4. The molecule has 24 nitrogen and oxygen atoms in total. The Balaban J connectivity index is 0.000000125. The second kappa shape index (κ2) is 32.2.